The Balaban J connectivity index is 1.55. The Hall–Kier alpha value is -3.76. The van der Waals surface area contributed by atoms with E-state index in [-0.39, 0.29) is 23.7 Å². The fourth-order valence-corrected chi connectivity index (χ4v) is 4.66. The minimum Gasteiger partial charge on any atom is -0.444 e. The highest BCUT2D eigenvalue weighted by Crippen LogP contribution is 2.39. The summed E-state index contributed by atoms with van der Waals surface area (Å²) in [6.45, 7) is 9.35. The van der Waals surface area contributed by atoms with Crippen LogP contribution in [0.2, 0.25) is 0 Å². The van der Waals surface area contributed by atoms with E-state index in [1.807, 2.05) is 27.7 Å². The van der Waals surface area contributed by atoms with Gasteiger partial charge in [-0.3, -0.25) is 9.36 Å². The third kappa shape index (κ3) is 4.33. The average Bonchev–Trinajstić information content (AvgIpc) is 3.15. The SMILES string of the molecule is C[C@H]1CN(C(=O)OC(C)(C)C)CCN1c1ncnc2c1c(N1CCC1=O)cn2-c1cc(F)cc(F)c1. The number of β-lactam (4-membered cyclic amide) rings is 1. The molecule has 0 saturated carbocycles. The lowest BCUT2D eigenvalue weighted by Gasteiger charge is -2.41. The van der Waals surface area contributed by atoms with Gasteiger partial charge in [0.1, 0.15) is 29.4 Å². The van der Waals surface area contributed by atoms with Crippen molar-refractivity contribution in [1.82, 2.24) is 19.4 Å². The number of carbonyl (C=O) groups excluding carboxylic acids is 2. The normalized spacial score (nSPS) is 18.6. The zero-order chi connectivity index (χ0) is 25.8. The molecule has 0 bridgehead atoms. The summed E-state index contributed by atoms with van der Waals surface area (Å²) in [7, 11) is 0. The van der Waals surface area contributed by atoms with Gasteiger partial charge < -0.3 is 19.4 Å². The molecule has 36 heavy (non-hydrogen) atoms. The van der Waals surface area contributed by atoms with Crippen LogP contribution in [0.25, 0.3) is 16.7 Å². The fourth-order valence-electron chi connectivity index (χ4n) is 4.66. The predicted octanol–water partition coefficient (Wildman–Crippen LogP) is 3.88. The first kappa shape index (κ1) is 24.0. The molecule has 11 heteroatoms. The summed E-state index contributed by atoms with van der Waals surface area (Å²) < 4.78 is 35.2. The van der Waals surface area contributed by atoms with Gasteiger partial charge in [-0.25, -0.2) is 23.5 Å². The van der Waals surface area contributed by atoms with E-state index in [9.17, 15) is 18.4 Å². The van der Waals surface area contributed by atoms with Crippen molar-refractivity contribution in [3.8, 4) is 5.69 Å². The number of hydrogen-bond donors (Lipinski definition) is 0. The van der Waals surface area contributed by atoms with Gasteiger partial charge in [0.25, 0.3) is 0 Å². The summed E-state index contributed by atoms with van der Waals surface area (Å²) >= 11 is 0. The minimum absolute atomic E-state index is 0.0444. The van der Waals surface area contributed by atoms with Crippen LogP contribution in [0.15, 0.2) is 30.7 Å². The average molecular weight is 499 g/mol. The number of halogens is 2. The van der Waals surface area contributed by atoms with Gasteiger partial charge in [-0.15, -0.1) is 0 Å². The Morgan fingerprint density at radius 3 is 2.39 bits per heavy atom. The highest BCUT2D eigenvalue weighted by atomic mass is 19.1. The number of amides is 2. The zero-order valence-electron chi connectivity index (χ0n) is 20.7. The van der Waals surface area contributed by atoms with Crippen LogP contribution in [0.4, 0.5) is 25.1 Å². The van der Waals surface area contributed by atoms with Crippen molar-refractivity contribution in [3.05, 3.63) is 42.4 Å². The first-order chi connectivity index (χ1) is 17.0. The van der Waals surface area contributed by atoms with Gasteiger partial charge >= 0.3 is 6.09 Å². The lowest BCUT2D eigenvalue weighted by Crippen LogP contribution is -2.55. The largest absolute Gasteiger partial charge is 0.444 e. The Labute approximate surface area is 207 Å². The molecule has 2 aliphatic heterocycles. The maximum absolute atomic E-state index is 14.0. The number of carbonyl (C=O) groups is 2. The molecule has 0 aliphatic carbocycles. The molecule has 9 nitrogen and oxygen atoms in total. The number of fused-ring (bicyclic) bond motifs is 1. The molecule has 3 aromatic rings. The van der Waals surface area contributed by atoms with Crippen molar-refractivity contribution in [2.75, 3.05) is 36.0 Å². The van der Waals surface area contributed by atoms with Crippen LogP contribution < -0.4 is 9.80 Å². The second-order valence-electron chi connectivity index (χ2n) is 10.2. The number of aromatic nitrogens is 3. The minimum atomic E-state index is -0.713. The summed E-state index contributed by atoms with van der Waals surface area (Å²) in [5.41, 5.74) is 0.683. The first-order valence-corrected chi connectivity index (χ1v) is 11.9. The standard InChI is InChI=1S/C25H28F2N6O3/c1-15-12-30(24(35)36-25(2,3)4)7-8-31(15)22-21-19(32-6-5-20(32)34)13-33(23(21)29-14-28-22)18-10-16(26)9-17(27)11-18/h9-11,13-15H,5-8,12H2,1-4H3/t15-/m0/s1. The molecule has 0 radical (unpaired) electrons. The molecule has 4 heterocycles. The molecule has 2 saturated heterocycles. The molecule has 2 amide bonds. The van der Waals surface area contributed by atoms with E-state index >= 15 is 0 Å². The molecule has 0 unspecified atom stereocenters. The number of anilines is 2. The van der Waals surface area contributed by atoms with Crippen molar-refractivity contribution in [1.29, 1.82) is 0 Å². The Bertz CT molecular complexity index is 1330. The summed E-state index contributed by atoms with van der Waals surface area (Å²) in [5, 5.41) is 0.618. The first-order valence-electron chi connectivity index (χ1n) is 11.9. The van der Waals surface area contributed by atoms with Crippen LogP contribution in [0.3, 0.4) is 0 Å². The summed E-state index contributed by atoms with van der Waals surface area (Å²) in [6, 6.07) is 3.13. The van der Waals surface area contributed by atoms with Gasteiger partial charge in [0, 0.05) is 50.9 Å². The van der Waals surface area contributed by atoms with Crippen molar-refractivity contribution in [3.63, 3.8) is 0 Å². The molecular formula is C25H28F2N6O3. The maximum Gasteiger partial charge on any atom is 0.410 e. The van der Waals surface area contributed by atoms with Crippen LogP contribution in [-0.4, -0.2) is 69.3 Å². The molecule has 5 rings (SSSR count). The second kappa shape index (κ2) is 8.72. The van der Waals surface area contributed by atoms with Gasteiger partial charge in [-0.2, -0.15) is 0 Å². The predicted molar refractivity (Wildman–Crippen MR) is 130 cm³/mol. The van der Waals surface area contributed by atoms with Gasteiger partial charge in [0.15, 0.2) is 5.65 Å². The van der Waals surface area contributed by atoms with Crippen LogP contribution >= 0.6 is 0 Å². The van der Waals surface area contributed by atoms with Crippen molar-refractivity contribution in [2.24, 2.45) is 0 Å². The molecule has 1 atom stereocenters. The number of piperazine rings is 1. The van der Waals surface area contributed by atoms with Crippen LogP contribution in [0.1, 0.15) is 34.1 Å². The van der Waals surface area contributed by atoms with Crippen molar-refractivity contribution < 1.29 is 23.1 Å². The number of rotatable bonds is 3. The topological polar surface area (TPSA) is 83.8 Å². The van der Waals surface area contributed by atoms with Crippen molar-refractivity contribution >= 4 is 34.5 Å². The molecular weight excluding hydrogens is 470 g/mol. The molecule has 2 aliphatic rings. The highest BCUT2D eigenvalue weighted by molar-refractivity contribution is 6.10. The van der Waals surface area contributed by atoms with Crippen LogP contribution in [0.5, 0.6) is 0 Å². The Kier molecular flexibility index (Phi) is 5.80. The van der Waals surface area contributed by atoms with Gasteiger partial charge in [-0.05, 0) is 39.8 Å². The molecule has 0 N–H and O–H groups in total. The van der Waals surface area contributed by atoms with E-state index in [4.69, 9.17) is 4.74 Å². The second-order valence-corrected chi connectivity index (χ2v) is 10.2. The Morgan fingerprint density at radius 2 is 1.81 bits per heavy atom. The van der Waals surface area contributed by atoms with E-state index in [1.165, 1.54) is 18.5 Å². The van der Waals surface area contributed by atoms with Gasteiger partial charge in [0.2, 0.25) is 5.91 Å². The van der Waals surface area contributed by atoms with Gasteiger partial charge in [-0.1, -0.05) is 0 Å². The molecule has 2 aromatic heterocycles. The maximum atomic E-state index is 14.0. The fraction of sp³-hybridized carbons (Fsp3) is 0.440. The molecule has 0 spiro atoms. The molecule has 190 valence electrons. The third-order valence-electron chi connectivity index (χ3n) is 6.36. The van der Waals surface area contributed by atoms with E-state index in [2.05, 4.69) is 14.9 Å². The monoisotopic (exact) mass is 498 g/mol. The lowest BCUT2D eigenvalue weighted by atomic mass is 10.1. The number of hydrogen-bond acceptors (Lipinski definition) is 6. The van der Waals surface area contributed by atoms with Crippen LogP contribution in [-0.2, 0) is 9.53 Å². The van der Waals surface area contributed by atoms with E-state index in [0.717, 1.165) is 6.07 Å². The van der Waals surface area contributed by atoms with E-state index in [1.54, 1.807) is 20.6 Å². The number of ether oxygens (including phenoxy) is 1. The highest BCUT2D eigenvalue weighted by Gasteiger charge is 2.35. The number of nitrogens with zero attached hydrogens (tertiary/aromatic N) is 6. The Morgan fingerprint density at radius 1 is 1.08 bits per heavy atom. The third-order valence-corrected chi connectivity index (χ3v) is 6.36. The van der Waals surface area contributed by atoms with E-state index in [0.29, 0.717) is 55.1 Å². The molecule has 2 fully saturated rings. The summed E-state index contributed by atoms with van der Waals surface area (Å²) in [5.74, 6) is -0.872. The summed E-state index contributed by atoms with van der Waals surface area (Å²) in [4.78, 5) is 39.4. The van der Waals surface area contributed by atoms with Crippen molar-refractivity contribution in [2.45, 2.75) is 45.8 Å². The zero-order valence-corrected chi connectivity index (χ0v) is 20.7. The molecule has 1 aromatic carbocycles. The smallest absolute Gasteiger partial charge is 0.410 e. The van der Waals surface area contributed by atoms with Gasteiger partial charge in [0.05, 0.1) is 16.8 Å². The van der Waals surface area contributed by atoms with E-state index < -0.39 is 17.2 Å². The quantitative estimate of drug-likeness (QED) is 0.510. The number of benzene rings is 1. The lowest BCUT2D eigenvalue weighted by molar-refractivity contribution is -0.122. The summed E-state index contributed by atoms with van der Waals surface area (Å²) in [6.07, 6.45) is 3.14. The van der Waals surface area contributed by atoms with Crippen LogP contribution in [0, 0.1) is 11.6 Å².